The molecular formula is C13H21N. The van der Waals surface area contributed by atoms with Gasteiger partial charge in [0.2, 0.25) is 0 Å². The molecule has 0 spiro atoms. The van der Waals surface area contributed by atoms with E-state index in [1.807, 2.05) is 6.21 Å². The molecule has 0 aromatic rings. The van der Waals surface area contributed by atoms with Crippen LogP contribution in [-0.4, -0.2) is 12.8 Å². The number of rotatable bonds is 4. The van der Waals surface area contributed by atoms with E-state index in [1.54, 1.807) is 5.57 Å². The van der Waals surface area contributed by atoms with Crippen molar-refractivity contribution in [1.82, 2.24) is 0 Å². The van der Waals surface area contributed by atoms with Crippen molar-refractivity contribution in [3.05, 3.63) is 22.8 Å². The van der Waals surface area contributed by atoms with Crippen molar-refractivity contribution < 1.29 is 0 Å². The zero-order valence-electron chi connectivity index (χ0n) is 9.64. The third-order valence-corrected chi connectivity index (χ3v) is 2.78. The van der Waals surface area contributed by atoms with E-state index in [0.717, 1.165) is 13.0 Å². The molecule has 0 saturated heterocycles. The molecule has 0 N–H and O–H groups in total. The van der Waals surface area contributed by atoms with Crippen LogP contribution in [0.3, 0.4) is 0 Å². The maximum Gasteiger partial charge on any atom is 0.0386 e. The molecule has 0 saturated carbocycles. The second-order valence-electron chi connectivity index (χ2n) is 3.82. The molecule has 0 aromatic heterocycles. The number of hydrogen-bond donors (Lipinski definition) is 0. The lowest BCUT2D eigenvalue weighted by Crippen LogP contribution is -1.99. The molecule has 0 atom stereocenters. The third-order valence-electron chi connectivity index (χ3n) is 2.78. The molecule has 0 heterocycles. The molecule has 0 bridgehead atoms. The van der Waals surface area contributed by atoms with Gasteiger partial charge in [0, 0.05) is 12.8 Å². The smallest absolute Gasteiger partial charge is 0.0386 e. The Morgan fingerprint density at radius 2 is 2.21 bits per heavy atom. The van der Waals surface area contributed by atoms with Crippen LogP contribution in [-0.2, 0) is 0 Å². The minimum absolute atomic E-state index is 0.950. The summed E-state index contributed by atoms with van der Waals surface area (Å²) in [5.74, 6) is 0. The van der Waals surface area contributed by atoms with Gasteiger partial charge in [0.15, 0.2) is 0 Å². The molecule has 0 radical (unpaired) electrons. The van der Waals surface area contributed by atoms with Crippen molar-refractivity contribution in [1.29, 1.82) is 0 Å². The van der Waals surface area contributed by atoms with E-state index in [2.05, 4.69) is 31.8 Å². The standard InChI is InChI=1S/C13H21N/c1-4-9-14-10-13-8-6-7-12(5-2)11(13)3/h8,10H,4-7,9H2,1-3H3. The minimum atomic E-state index is 0.950. The van der Waals surface area contributed by atoms with E-state index in [4.69, 9.17) is 0 Å². The molecule has 1 rings (SSSR count). The largest absolute Gasteiger partial charge is 0.293 e. The van der Waals surface area contributed by atoms with Gasteiger partial charge in [-0.3, -0.25) is 4.99 Å². The predicted molar refractivity (Wildman–Crippen MR) is 64.0 cm³/mol. The van der Waals surface area contributed by atoms with Crippen LogP contribution in [0.4, 0.5) is 0 Å². The van der Waals surface area contributed by atoms with Crippen LogP contribution in [0.15, 0.2) is 27.8 Å². The Balaban J connectivity index is 2.69. The number of nitrogens with zero attached hydrogens (tertiary/aromatic N) is 1. The summed E-state index contributed by atoms with van der Waals surface area (Å²) in [5.41, 5.74) is 4.41. The van der Waals surface area contributed by atoms with Crippen LogP contribution in [0.25, 0.3) is 0 Å². The maximum atomic E-state index is 4.41. The molecule has 78 valence electrons. The summed E-state index contributed by atoms with van der Waals surface area (Å²) in [4.78, 5) is 4.41. The highest BCUT2D eigenvalue weighted by atomic mass is 14.7. The number of aliphatic imine (C=N–C) groups is 1. The average Bonchev–Trinajstić information content (AvgIpc) is 2.21. The highest BCUT2D eigenvalue weighted by Crippen LogP contribution is 2.25. The van der Waals surface area contributed by atoms with Crippen molar-refractivity contribution in [3.63, 3.8) is 0 Å². The second kappa shape index (κ2) is 5.79. The van der Waals surface area contributed by atoms with E-state index in [9.17, 15) is 0 Å². The Hall–Kier alpha value is -0.850. The van der Waals surface area contributed by atoms with Crippen molar-refractivity contribution in [2.24, 2.45) is 4.99 Å². The van der Waals surface area contributed by atoms with E-state index in [0.29, 0.717) is 0 Å². The Kier molecular flexibility index (Phi) is 4.64. The van der Waals surface area contributed by atoms with Gasteiger partial charge >= 0.3 is 0 Å². The average molecular weight is 191 g/mol. The Bertz CT molecular complexity index is 269. The first-order chi connectivity index (χ1) is 6.79. The first-order valence-corrected chi connectivity index (χ1v) is 5.68. The summed E-state index contributed by atoms with van der Waals surface area (Å²) in [6.45, 7) is 7.57. The van der Waals surface area contributed by atoms with Gasteiger partial charge in [0.05, 0.1) is 0 Å². The predicted octanol–water partition coefficient (Wildman–Crippen LogP) is 3.91. The van der Waals surface area contributed by atoms with Gasteiger partial charge in [0.25, 0.3) is 0 Å². The van der Waals surface area contributed by atoms with Crippen LogP contribution in [0.5, 0.6) is 0 Å². The van der Waals surface area contributed by atoms with E-state index >= 15 is 0 Å². The minimum Gasteiger partial charge on any atom is -0.293 e. The van der Waals surface area contributed by atoms with E-state index in [-0.39, 0.29) is 0 Å². The first kappa shape index (κ1) is 11.2. The molecule has 1 nitrogen and oxygen atoms in total. The second-order valence-corrected chi connectivity index (χ2v) is 3.82. The molecule has 0 unspecified atom stereocenters. The molecule has 1 heteroatoms. The van der Waals surface area contributed by atoms with Gasteiger partial charge < -0.3 is 0 Å². The monoisotopic (exact) mass is 191 g/mol. The van der Waals surface area contributed by atoms with Crippen LogP contribution < -0.4 is 0 Å². The van der Waals surface area contributed by atoms with Crippen LogP contribution in [0.2, 0.25) is 0 Å². The SMILES string of the molecule is CCCN=CC1=CCCC(CC)=C1C. The molecule has 1 aliphatic rings. The van der Waals surface area contributed by atoms with Crippen LogP contribution >= 0.6 is 0 Å². The highest BCUT2D eigenvalue weighted by Gasteiger charge is 2.08. The van der Waals surface area contributed by atoms with Crippen molar-refractivity contribution in [2.75, 3.05) is 6.54 Å². The quantitative estimate of drug-likeness (QED) is 0.597. The van der Waals surface area contributed by atoms with E-state index < -0.39 is 0 Å². The fourth-order valence-corrected chi connectivity index (χ4v) is 1.83. The summed E-state index contributed by atoms with van der Waals surface area (Å²) in [7, 11) is 0. The maximum absolute atomic E-state index is 4.41. The van der Waals surface area contributed by atoms with Gasteiger partial charge in [-0.15, -0.1) is 0 Å². The molecule has 1 aliphatic carbocycles. The summed E-state index contributed by atoms with van der Waals surface area (Å²) < 4.78 is 0. The van der Waals surface area contributed by atoms with Gasteiger partial charge in [-0.1, -0.05) is 25.5 Å². The van der Waals surface area contributed by atoms with Crippen molar-refractivity contribution in [2.45, 2.75) is 46.5 Å². The summed E-state index contributed by atoms with van der Waals surface area (Å²) >= 11 is 0. The van der Waals surface area contributed by atoms with Crippen molar-refractivity contribution >= 4 is 6.21 Å². The van der Waals surface area contributed by atoms with Gasteiger partial charge in [0.1, 0.15) is 0 Å². The van der Waals surface area contributed by atoms with Crippen LogP contribution in [0, 0.1) is 0 Å². The summed E-state index contributed by atoms with van der Waals surface area (Å²) in [5, 5.41) is 0. The zero-order chi connectivity index (χ0) is 10.4. The zero-order valence-corrected chi connectivity index (χ0v) is 9.64. The molecule has 14 heavy (non-hydrogen) atoms. The molecule has 0 aromatic carbocycles. The fourth-order valence-electron chi connectivity index (χ4n) is 1.83. The summed E-state index contributed by atoms with van der Waals surface area (Å²) in [6.07, 6.45) is 9.11. The first-order valence-electron chi connectivity index (χ1n) is 5.68. The lowest BCUT2D eigenvalue weighted by molar-refractivity contribution is 0.868. The van der Waals surface area contributed by atoms with Crippen molar-refractivity contribution in [3.8, 4) is 0 Å². The van der Waals surface area contributed by atoms with Gasteiger partial charge in [-0.25, -0.2) is 0 Å². The van der Waals surface area contributed by atoms with Crippen LogP contribution in [0.1, 0.15) is 46.5 Å². The van der Waals surface area contributed by atoms with E-state index in [1.165, 1.54) is 30.4 Å². The molecular weight excluding hydrogens is 170 g/mol. The highest BCUT2D eigenvalue weighted by molar-refractivity contribution is 5.85. The van der Waals surface area contributed by atoms with Gasteiger partial charge in [-0.05, 0) is 43.8 Å². The topological polar surface area (TPSA) is 12.4 Å². The van der Waals surface area contributed by atoms with Gasteiger partial charge in [-0.2, -0.15) is 0 Å². The molecule has 0 amide bonds. The Morgan fingerprint density at radius 3 is 2.86 bits per heavy atom. The lowest BCUT2D eigenvalue weighted by atomic mass is 9.91. The normalized spacial score (nSPS) is 17.8. The molecule has 0 aliphatic heterocycles. The summed E-state index contributed by atoms with van der Waals surface area (Å²) in [6, 6.07) is 0. The number of allylic oxidation sites excluding steroid dienone is 4. The Morgan fingerprint density at radius 1 is 1.43 bits per heavy atom. The Labute approximate surface area is 87.6 Å². The third kappa shape index (κ3) is 2.83. The molecule has 0 fully saturated rings. The number of hydrogen-bond acceptors (Lipinski definition) is 1. The fraction of sp³-hybridized carbons (Fsp3) is 0.615. The lowest BCUT2D eigenvalue weighted by Gasteiger charge is -2.15.